The molecule has 0 aromatic heterocycles. The van der Waals surface area contributed by atoms with Crippen LogP contribution in [0.2, 0.25) is 0 Å². The highest BCUT2D eigenvalue weighted by atomic mass is 14.9. The summed E-state index contributed by atoms with van der Waals surface area (Å²) in [6.45, 7) is 9.65. The van der Waals surface area contributed by atoms with Gasteiger partial charge in [-0.25, -0.2) is 0 Å². The third-order valence-corrected chi connectivity index (χ3v) is 3.79. The summed E-state index contributed by atoms with van der Waals surface area (Å²) in [5.41, 5.74) is 6.78. The molecular formula is C19H25N. The van der Waals surface area contributed by atoms with Crippen molar-refractivity contribution in [3.63, 3.8) is 0 Å². The molecule has 20 heavy (non-hydrogen) atoms. The van der Waals surface area contributed by atoms with E-state index < -0.39 is 0 Å². The Labute approximate surface area is 123 Å². The van der Waals surface area contributed by atoms with Crippen molar-refractivity contribution in [2.75, 3.05) is 0 Å². The minimum Gasteiger partial charge on any atom is -0.306 e. The lowest BCUT2D eigenvalue weighted by Gasteiger charge is -2.16. The molecule has 106 valence electrons. The third-order valence-electron chi connectivity index (χ3n) is 3.79. The average Bonchev–Trinajstić information content (AvgIpc) is 2.44. The number of aryl methyl sites for hydroxylation is 3. The minimum atomic E-state index is 0.374. The second-order valence-corrected chi connectivity index (χ2v) is 5.69. The maximum atomic E-state index is 3.61. The first-order valence-corrected chi connectivity index (χ1v) is 7.48. The molecule has 0 saturated carbocycles. The molecule has 1 nitrogen and oxygen atoms in total. The third kappa shape index (κ3) is 3.94. The van der Waals surface area contributed by atoms with Crippen LogP contribution in [0.4, 0.5) is 0 Å². The van der Waals surface area contributed by atoms with Crippen LogP contribution in [0.3, 0.4) is 0 Å². The summed E-state index contributed by atoms with van der Waals surface area (Å²) in [7, 11) is 0. The fourth-order valence-corrected chi connectivity index (χ4v) is 2.54. The first-order valence-electron chi connectivity index (χ1n) is 7.48. The van der Waals surface area contributed by atoms with Gasteiger partial charge in [-0.3, -0.25) is 0 Å². The Balaban J connectivity index is 1.98. The number of benzene rings is 2. The number of hydrogen-bond acceptors (Lipinski definition) is 1. The van der Waals surface area contributed by atoms with E-state index in [-0.39, 0.29) is 0 Å². The number of rotatable bonds is 5. The lowest BCUT2D eigenvalue weighted by Crippen LogP contribution is -2.18. The van der Waals surface area contributed by atoms with Crippen LogP contribution in [0.15, 0.2) is 42.5 Å². The van der Waals surface area contributed by atoms with Crippen LogP contribution in [0, 0.1) is 13.8 Å². The van der Waals surface area contributed by atoms with Crippen LogP contribution in [0.1, 0.15) is 47.7 Å². The van der Waals surface area contributed by atoms with E-state index in [0.29, 0.717) is 6.04 Å². The SMILES string of the molecule is CCc1ccc(CNC(C)c2cc(C)cc(C)c2)cc1. The molecule has 0 radical (unpaired) electrons. The quantitative estimate of drug-likeness (QED) is 0.826. The van der Waals surface area contributed by atoms with Crippen molar-refractivity contribution in [3.8, 4) is 0 Å². The van der Waals surface area contributed by atoms with Gasteiger partial charge >= 0.3 is 0 Å². The van der Waals surface area contributed by atoms with Gasteiger partial charge in [0, 0.05) is 12.6 Å². The van der Waals surface area contributed by atoms with E-state index in [1.807, 2.05) is 0 Å². The van der Waals surface area contributed by atoms with Crippen molar-refractivity contribution < 1.29 is 0 Å². The second-order valence-electron chi connectivity index (χ2n) is 5.69. The molecule has 1 unspecified atom stereocenters. The van der Waals surface area contributed by atoms with Gasteiger partial charge < -0.3 is 5.32 Å². The Kier molecular flexibility index (Phi) is 4.97. The van der Waals surface area contributed by atoms with Crippen LogP contribution in [0.25, 0.3) is 0 Å². The molecule has 0 spiro atoms. The van der Waals surface area contributed by atoms with Gasteiger partial charge in [0.25, 0.3) is 0 Å². The van der Waals surface area contributed by atoms with Gasteiger partial charge in [0.05, 0.1) is 0 Å². The van der Waals surface area contributed by atoms with Crippen LogP contribution in [-0.4, -0.2) is 0 Å². The molecule has 1 atom stereocenters. The van der Waals surface area contributed by atoms with Gasteiger partial charge in [-0.2, -0.15) is 0 Å². The van der Waals surface area contributed by atoms with Gasteiger partial charge in [-0.05, 0) is 43.9 Å². The predicted molar refractivity (Wildman–Crippen MR) is 87.0 cm³/mol. The van der Waals surface area contributed by atoms with Crippen molar-refractivity contribution in [2.45, 2.75) is 46.7 Å². The molecule has 2 aromatic rings. The summed E-state index contributed by atoms with van der Waals surface area (Å²) in [5, 5.41) is 3.61. The van der Waals surface area contributed by atoms with E-state index in [1.165, 1.54) is 27.8 Å². The van der Waals surface area contributed by atoms with E-state index in [4.69, 9.17) is 0 Å². The lowest BCUT2D eigenvalue weighted by atomic mass is 10.0. The Hall–Kier alpha value is -1.60. The molecule has 0 fully saturated rings. The smallest absolute Gasteiger partial charge is 0.0295 e. The summed E-state index contributed by atoms with van der Waals surface area (Å²) in [5.74, 6) is 0. The molecule has 0 amide bonds. The summed E-state index contributed by atoms with van der Waals surface area (Å²) < 4.78 is 0. The molecule has 0 heterocycles. The summed E-state index contributed by atoms with van der Waals surface area (Å²) in [6, 6.07) is 16.0. The standard InChI is InChI=1S/C19H25N/c1-5-17-6-8-18(9-7-17)13-20-16(4)19-11-14(2)10-15(3)12-19/h6-12,16,20H,5,13H2,1-4H3. The van der Waals surface area contributed by atoms with Crippen molar-refractivity contribution >= 4 is 0 Å². The van der Waals surface area contributed by atoms with Crippen LogP contribution in [0.5, 0.6) is 0 Å². The molecule has 0 aliphatic heterocycles. The lowest BCUT2D eigenvalue weighted by molar-refractivity contribution is 0.574. The maximum absolute atomic E-state index is 3.61. The number of hydrogen-bond donors (Lipinski definition) is 1. The highest BCUT2D eigenvalue weighted by molar-refractivity contribution is 5.30. The summed E-state index contributed by atoms with van der Waals surface area (Å²) in [6.07, 6.45) is 1.10. The molecule has 0 aliphatic rings. The van der Waals surface area contributed by atoms with Gasteiger partial charge in [-0.1, -0.05) is 60.5 Å². The molecular weight excluding hydrogens is 242 g/mol. The van der Waals surface area contributed by atoms with Gasteiger partial charge in [0.1, 0.15) is 0 Å². The van der Waals surface area contributed by atoms with Crippen LogP contribution in [-0.2, 0) is 13.0 Å². The maximum Gasteiger partial charge on any atom is 0.0295 e. The highest BCUT2D eigenvalue weighted by Gasteiger charge is 2.06. The van der Waals surface area contributed by atoms with Gasteiger partial charge in [0.15, 0.2) is 0 Å². The monoisotopic (exact) mass is 267 g/mol. The first kappa shape index (κ1) is 14.8. The molecule has 2 aromatic carbocycles. The second kappa shape index (κ2) is 6.71. The average molecular weight is 267 g/mol. The zero-order valence-corrected chi connectivity index (χ0v) is 13.0. The minimum absolute atomic E-state index is 0.374. The zero-order valence-electron chi connectivity index (χ0n) is 13.0. The molecule has 0 bridgehead atoms. The van der Waals surface area contributed by atoms with E-state index in [1.54, 1.807) is 0 Å². The molecule has 0 aliphatic carbocycles. The Morgan fingerprint density at radius 2 is 1.45 bits per heavy atom. The summed E-state index contributed by atoms with van der Waals surface area (Å²) >= 11 is 0. The fourth-order valence-electron chi connectivity index (χ4n) is 2.54. The van der Waals surface area contributed by atoms with Crippen molar-refractivity contribution in [1.82, 2.24) is 5.32 Å². The van der Waals surface area contributed by atoms with Gasteiger partial charge in [-0.15, -0.1) is 0 Å². The Morgan fingerprint density at radius 1 is 0.900 bits per heavy atom. The molecule has 2 rings (SSSR count). The van der Waals surface area contributed by atoms with Crippen LogP contribution >= 0.6 is 0 Å². The van der Waals surface area contributed by atoms with Crippen molar-refractivity contribution in [1.29, 1.82) is 0 Å². The highest BCUT2D eigenvalue weighted by Crippen LogP contribution is 2.17. The Morgan fingerprint density at radius 3 is 2.00 bits per heavy atom. The van der Waals surface area contributed by atoms with Crippen LogP contribution < -0.4 is 5.32 Å². The van der Waals surface area contributed by atoms with E-state index >= 15 is 0 Å². The fraction of sp³-hybridized carbons (Fsp3) is 0.368. The van der Waals surface area contributed by atoms with Gasteiger partial charge in [0.2, 0.25) is 0 Å². The van der Waals surface area contributed by atoms with Crippen molar-refractivity contribution in [2.24, 2.45) is 0 Å². The molecule has 1 heteroatoms. The topological polar surface area (TPSA) is 12.0 Å². The normalized spacial score (nSPS) is 12.4. The molecule has 0 saturated heterocycles. The summed E-state index contributed by atoms with van der Waals surface area (Å²) in [4.78, 5) is 0. The first-order chi connectivity index (χ1) is 9.58. The van der Waals surface area contributed by atoms with E-state index in [9.17, 15) is 0 Å². The molecule has 1 N–H and O–H groups in total. The van der Waals surface area contributed by atoms with E-state index in [2.05, 4.69) is 75.5 Å². The van der Waals surface area contributed by atoms with E-state index in [0.717, 1.165) is 13.0 Å². The Bertz CT molecular complexity index is 534. The van der Waals surface area contributed by atoms with Crippen molar-refractivity contribution in [3.05, 3.63) is 70.3 Å². The predicted octanol–water partition coefficient (Wildman–Crippen LogP) is 4.72. The largest absolute Gasteiger partial charge is 0.306 e. The zero-order chi connectivity index (χ0) is 14.5. The number of nitrogens with one attached hydrogen (secondary N) is 1.